The molecule has 0 saturated carbocycles. The number of nitro groups is 1. The van der Waals surface area contributed by atoms with Gasteiger partial charge in [-0.25, -0.2) is 8.42 Å². The molecule has 0 radical (unpaired) electrons. The van der Waals surface area contributed by atoms with Gasteiger partial charge in [0.25, 0.3) is 15.7 Å². The molecule has 0 saturated heterocycles. The summed E-state index contributed by atoms with van der Waals surface area (Å²) in [5.74, 6) is -1.13. The molecule has 2 amide bonds. The lowest BCUT2D eigenvalue weighted by Crippen LogP contribution is -2.51. The van der Waals surface area contributed by atoms with Crippen molar-refractivity contribution in [1.29, 1.82) is 0 Å². The molecule has 0 bridgehead atoms. The van der Waals surface area contributed by atoms with Gasteiger partial charge in [-0.1, -0.05) is 54.4 Å². The number of hydrogen-bond acceptors (Lipinski definition) is 6. The van der Waals surface area contributed by atoms with Crippen LogP contribution >= 0.6 is 23.2 Å². The van der Waals surface area contributed by atoms with Crippen LogP contribution in [0.2, 0.25) is 10.0 Å². The van der Waals surface area contributed by atoms with Crippen molar-refractivity contribution in [2.45, 2.75) is 30.8 Å². The zero-order valence-electron chi connectivity index (χ0n) is 21.1. The van der Waals surface area contributed by atoms with Crippen LogP contribution in [0.15, 0.2) is 77.7 Å². The molecule has 10 nitrogen and oxygen atoms in total. The summed E-state index contributed by atoms with van der Waals surface area (Å²) in [6, 6.07) is 16.1. The third-order valence-electron chi connectivity index (χ3n) is 5.95. The molecule has 39 heavy (non-hydrogen) atoms. The number of nitrogens with zero attached hydrogens (tertiary/aromatic N) is 3. The first-order valence-electron chi connectivity index (χ1n) is 11.8. The van der Waals surface area contributed by atoms with E-state index in [0.717, 1.165) is 16.4 Å². The zero-order valence-corrected chi connectivity index (χ0v) is 23.4. The van der Waals surface area contributed by atoms with Crippen molar-refractivity contribution in [3.63, 3.8) is 0 Å². The number of halogens is 2. The van der Waals surface area contributed by atoms with Crippen molar-refractivity contribution in [2.24, 2.45) is 0 Å². The maximum absolute atomic E-state index is 13.8. The van der Waals surface area contributed by atoms with Crippen LogP contribution in [-0.2, 0) is 26.2 Å². The highest BCUT2D eigenvalue weighted by Crippen LogP contribution is 2.28. The van der Waals surface area contributed by atoms with Crippen LogP contribution < -0.4 is 9.62 Å². The van der Waals surface area contributed by atoms with Crippen molar-refractivity contribution in [1.82, 2.24) is 10.2 Å². The highest BCUT2D eigenvalue weighted by molar-refractivity contribution is 7.92. The summed E-state index contributed by atoms with van der Waals surface area (Å²) in [6.45, 7) is 0.937. The first-order valence-corrected chi connectivity index (χ1v) is 14.0. The van der Waals surface area contributed by atoms with Gasteiger partial charge in [-0.05, 0) is 48.4 Å². The highest BCUT2D eigenvalue weighted by atomic mass is 35.5. The number of anilines is 1. The third-order valence-corrected chi connectivity index (χ3v) is 8.32. The number of rotatable bonds is 11. The summed E-state index contributed by atoms with van der Waals surface area (Å²) in [7, 11) is -2.85. The summed E-state index contributed by atoms with van der Waals surface area (Å²) in [6.07, 6.45) is 0.236. The Hall–Kier alpha value is -3.67. The maximum atomic E-state index is 13.8. The number of hydrogen-bond donors (Lipinski definition) is 1. The van der Waals surface area contributed by atoms with Crippen LogP contribution in [0, 0.1) is 10.1 Å². The van der Waals surface area contributed by atoms with Crippen LogP contribution in [-0.4, -0.2) is 49.7 Å². The Kier molecular flexibility index (Phi) is 9.90. The zero-order chi connectivity index (χ0) is 28.7. The molecule has 0 aliphatic carbocycles. The molecule has 0 heterocycles. The normalized spacial score (nSPS) is 11.9. The summed E-state index contributed by atoms with van der Waals surface area (Å²) in [5, 5.41) is 14.3. The number of non-ortho nitro benzene ring substituents is 1. The van der Waals surface area contributed by atoms with Crippen molar-refractivity contribution in [2.75, 3.05) is 17.9 Å². The molecule has 0 aliphatic rings. The Balaban J connectivity index is 2.08. The van der Waals surface area contributed by atoms with Crippen LogP contribution in [0.4, 0.5) is 11.4 Å². The van der Waals surface area contributed by atoms with Gasteiger partial charge in [0.15, 0.2) is 0 Å². The van der Waals surface area contributed by atoms with Crippen molar-refractivity contribution >= 4 is 56.4 Å². The van der Waals surface area contributed by atoms with E-state index in [-0.39, 0.29) is 34.3 Å². The molecule has 0 fully saturated rings. The fourth-order valence-electron chi connectivity index (χ4n) is 3.91. The Morgan fingerprint density at radius 3 is 2.21 bits per heavy atom. The summed E-state index contributed by atoms with van der Waals surface area (Å²) < 4.78 is 28.3. The summed E-state index contributed by atoms with van der Waals surface area (Å²) >= 11 is 12.4. The SMILES string of the molecule is CC[C@H](C(=O)NC)N(Cc1ccc(Cl)cc1Cl)C(=O)CN(c1ccc([N+](=O)[O-])cc1)S(=O)(=O)c1ccccc1. The van der Waals surface area contributed by atoms with E-state index in [9.17, 15) is 28.1 Å². The van der Waals surface area contributed by atoms with Gasteiger partial charge in [0.05, 0.1) is 15.5 Å². The minimum Gasteiger partial charge on any atom is -0.357 e. The predicted octanol–water partition coefficient (Wildman–Crippen LogP) is 4.65. The van der Waals surface area contributed by atoms with Gasteiger partial charge in [0.2, 0.25) is 11.8 Å². The highest BCUT2D eigenvalue weighted by Gasteiger charge is 2.33. The lowest BCUT2D eigenvalue weighted by atomic mass is 10.1. The predicted molar refractivity (Wildman–Crippen MR) is 149 cm³/mol. The van der Waals surface area contributed by atoms with E-state index >= 15 is 0 Å². The number of carbonyl (C=O) groups excluding carboxylic acids is 2. The largest absolute Gasteiger partial charge is 0.357 e. The molecule has 0 aliphatic heterocycles. The van der Waals surface area contributed by atoms with Gasteiger partial charge in [-0.2, -0.15) is 0 Å². The van der Waals surface area contributed by atoms with Gasteiger partial charge in [-0.3, -0.25) is 24.0 Å². The number of benzene rings is 3. The van der Waals surface area contributed by atoms with Crippen LogP contribution in [0.1, 0.15) is 18.9 Å². The number of nitro benzene ring substituents is 1. The van der Waals surface area contributed by atoms with E-state index in [1.54, 1.807) is 25.1 Å². The second-order valence-electron chi connectivity index (χ2n) is 8.39. The van der Waals surface area contributed by atoms with Crippen LogP contribution in [0.5, 0.6) is 0 Å². The fraction of sp³-hybridized carbons (Fsp3) is 0.231. The molecular weight excluding hydrogens is 567 g/mol. The Bertz CT molecular complexity index is 1450. The summed E-state index contributed by atoms with van der Waals surface area (Å²) in [4.78, 5) is 38.3. The van der Waals surface area contributed by atoms with Gasteiger partial charge in [0.1, 0.15) is 12.6 Å². The maximum Gasteiger partial charge on any atom is 0.269 e. The van der Waals surface area contributed by atoms with E-state index in [0.29, 0.717) is 10.6 Å². The molecule has 3 rings (SSSR count). The number of sulfonamides is 1. The number of nitrogens with one attached hydrogen (secondary N) is 1. The number of carbonyl (C=O) groups is 2. The second kappa shape index (κ2) is 12.9. The van der Waals surface area contributed by atoms with Crippen molar-refractivity contribution < 1.29 is 22.9 Å². The second-order valence-corrected chi connectivity index (χ2v) is 11.1. The molecule has 13 heteroatoms. The molecular formula is C26H26Cl2N4O6S. The topological polar surface area (TPSA) is 130 Å². The molecule has 3 aromatic rings. The molecule has 0 spiro atoms. The third kappa shape index (κ3) is 7.05. The van der Waals surface area contributed by atoms with Crippen molar-refractivity contribution in [3.05, 3.63) is 98.5 Å². The number of amides is 2. The molecule has 0 aromatic heterocycles. The molecule has 1 N–H and O–H groups in total. The van der Waals surface area contributed by atoms with Gasteiger partial charge >= 0.3 is 0 Å². The van der Waals surface area contributed by atoms with E-state index in [4.69, 9.17) is 23.2 Å². The molecule has 0 unspecified atom stereocenters. The standard InChI is InChI=1S/C26H26Cl2N4O6S/c1-3-24(26(34)29-2)30(16-18-9-10-19(27)15-23(18)28)25(33)17-31(20-11-13-21(14-12-20)32(35)36)39(37,38)22-7-5-4-6-8-22/h4-15,24H,3,16-17H2,1-2H3,(H,29,34)/t24-/m1/s1. The fourth-order valence-corrected chi connectivity index (χ4v) is 5.81. The quantitative estimate of drug-likeness (QED) is 0.255. The molecule has 3 aromatic carbocycles. The summed E-state index contributed by atoms with van der Waals surface area (Å²) in [5.41, 5.74) is 0.298. The lowest BCUT2D eigenvalue weighted by Gasteiger charge is -2.33. The first kappa shape index (κ1) is 29.9. The van der Waals surface area contributed by atoms with E-state index in [2.05, 4.69) is 5.32 Å². The molecule has 1 atom stereocenters. The lowest BCUT2D eigenvalue weighted by molar-refractivity contribution is -0.384. The average molecular weight is 593 g/mol. The Morgan fingerprint density at radius 1 is 1.03 bits per heavy atom. The average Bonchev–Trinajstić information content (AvgIpc) is 2.92. The van der Waals surface area contributed by atoms with Crippen LogP contribution in [0.25, 0.3) is 0 Å². The van der Waals surface area contributed by atoms with Gasteiger partial charge in [0, 0.05) is 35.8 Å². The Labute approximate surface area is 236 Å². The minimum absolute atomic E-state index is 0.0373. The first-order chi connectivity index (χ1) is 18.5. The van der Waals surface area contributed by atoms with Crippen molar-refractivity contribution in [3.8, 4) is 0 Å². The Morgan fingerprint density at radius 2 is 1.67 bits per heavy atom. The monoisotopic (exact) mass is 592 g/mol. The smallest absolute Gasteiger partial charge is 0.269 e. The number of likely N-dealkylation sites (N-methyl/N-ethyl adjacent to an activating group) is 1. The minimum atomic E-state index is -4.29. The van der Waals surface area contributed by atoms with Gasteiger partial charge < -0.3 is 10.2 Å². The van der Waals surface area contributed by atoms with E-state index in [1.807, 2.05) is 0 Å². The van der Waals surface area contributed by atoms with E-state index < -0.39 is 39.3 Å². The van der Waals surface area contributed by atoms with Gasteiger partial charge in [-0.15, -0.1) is 0 Å². The van der Waals surface area contributed by atoms with E-state index in [1.165, 1.54) is 54.4 Å². The molecule has 206 valence electrons. The van der Waals surface area contributed by atoms with Crippen LogP contribution in [0.3, 0.4) is 0 Å².